The summed E-state index contributed by atoms with van der Waals surface area (Å²) in [5.41, 5.74) is 0.742. The molecule has 2 aliphatic heterocycles. The predicted octanol–water partition coefficient (Wildman–Crippen LogP) is 5.05. The minimum Gasteiger partial charge on any atom is -0.379 e. The van der Waals surface area contributed by atoms with Gasteiger partial charge < -0.3 is 4.74 Å². The van der Waals surface area contributed by atoms with E-state index in [1.54, 1.807) is 0 Å². The first-order valence-electron chi connectivity index (χ1n) is 14.0. The molecule has 34 heavy (non-hydrogen) atoms. The molecule has 1 spiro atoms. The minimum atomic E-state index is -0.327. The molecule has 1 atom stereocenters. The number of amides is 1. The molecule has 7 fully saturated rings. The molecule has 0 unspecified atom stereocenters. The number of aliphatic imine (C=N–C) groups is 1. The number of amidine groups is 1. The van der Waals surface area contributed by atoms with Crippen molar-refractivity contribution in [3.8, 4) is 0 Å². The Morgan fingerprint density at radius 2 is 1.47 bits per heavy atom. The van der Waals surface area contributed by atoms with Crippen LogP contribution in [-0.2, 0) is 9.53 Å². The average Bonchev–Trinajstić information content (AvgIpc) is 3.06. The van der Waals surface area contributed by atoms with Gasteiger partial charge in [-0.05, 0) is 81.3 Å². The molecule has 2 saturated heterocycles. The number of hydrogen-bond donors (Lipinski definition) is 0. The summed E-state index contributed by atoms with van der Waals surface area (Å²) in [6, 6.07) is 10.5. The average molecular weight is 462 g/mol. The van der Waals surface area contributed by atoms with Crippen LogP contribution in [0.3, 0.4) is 0 Å². The molecule has 7 aliphatic rings. The fourth-order valence-electron chi connectivity index (χ4n) is 9.21. The summed E-state index contributed by atoms with van der Waals surface area (Å²) in [5.74, 6) is 3.95. The number of carbonyl (C=O) groups excluding carboxylic acids is 1. The van der Waals surface area contributed by atoms with Gasteiger partial charge in [-0.1, -0.05) is 37.5 Å². The summed E-state index contributed by atoms with van der Waals surface area (Å²) in [5, 5.41) is 0. The molecule has 1 aromatic rings. The van der Waals surface area contributed by atoms with Crippen LogP contribution in [0.1, 0.15) is 70.6 Å². The highest BCUT2D eigenvalue weighted by Gasteiger charge is 2.61. The van der Waals surface area contributed by atoms with Crippen LogP contribution in [-0.4, -0.2) is 54.5 Å². The van der Waals surface area contributed by atoms with E-state index in [0.29, 0.717) is 5.91 Å². The summed E-state index contributed by atoms with van der Waals surface area (Å²) in [7, 11) is 0. The van der Waals surface area contributed by atoms with Crippen LogP contribution in [0.25, 0.3) is 0 Å². The molecule has 0 radical (unpaired) electrons. The molecule has 5 saturated carbocycles. The van der Waals surface area contributed by atoms with Gasteiger partial charge in [0.25, 0.3) is 0 Å². The summed E-state index contributed by atoms with van der Waals surface area (Å²) < 4.78 is 5.76. The first-order chi connectivity index (χ1) is 16.7. The van der Waals surface area contributed by atoms with Crippen LogP contribution in [0.5, 0.6) is 0 Å². The van der Waals surface area contributed by atoms with Crippen molar-refractivity contribution < 1.29 is 9.53 Å². The number of carbonyl (C=O) groups is 1. The number of morpholine rings is 1. The van der Waals surface area contributed by atoms with E-state index in [-0.39, 0.29) is 17.0 Å². The molecule has 1 aromatic carbocycles. The lowest BCUT2D eigenvalue weighted by Gasteiger charge is -2.55. The maximum atomic E-state index is 14.5. The Hall–Kier alpha value is -1.72. The van der Waals surface area contributed by atoms with E-state index in [9.17, 15) is 4.79 Å². The van der Waals surface area contributed by atoms with Crippen molar-refractivity contribution in [1.29, 1.82) is 0 Å². The first-order valence-corrected chi connectivity index (χ1v) is 14.0. The number of benzene rings is 1. The Morgan fingerprint density at radius 1 is 0.853 bits per heavy atom. The maximum absolute atomic E-state index is 14.5. The van der Waals surface area contributed by atoms with Gasteiger partial charge in [0.05, 0.1) is 35.9 Å². The zero-order chi connectivity index (χ0) is 22.8. The molecule has 0 N–H and O–H groups in total. The van der Waals surface area contributed by atoms with E-state index >= 15 is 0 Å². The highest BCUT2D eigenvalue weighted by molar-refractivity contribution is 6.27. The quantitative estimate of drug-likeness (QED) is 0.633. The van der Waals surface area contributed by atoms with Crippen molar-refractivity contribution in [2.45, 2.75) is 82.2 Å². The third kappa shape index (κ3) is 3.33. The molecule has 5 heteroatoms. The molecule has 2 heterocycles. The van der Waals surface area contributed by atoms with Crippen LogP contribution < -0.4 is 4.90 Å². The standard InChI is InChI=1S/C29H39N3O2/c33-27-29(9-5-2-6-10-29)25(31-11-13-34-14-12-31)26(32(27)24-7-3-1-4-8-24)30-28-18-21-15-22(19-28)17-23(16-21)20-28/h1,3-4,7-8,21-23,25H,2,5-6,9-20H2/t21?,22?,23?,25-,28?/m1/s1. The van der Waals surface area contributed by atoms with Gasteiger partial charge in [-0.25, -0.2) is 0 Å². The molecule has 5 nitrogen and oxygen atoms in total. The van der Waals surface area contributed by atoms with Gasteiger partial charge >= 0.3 is 0 Å². The third-order valence-electron chi connectivity index (χ3n) is 10.2. The predicted molar refractivity (Wildman–Crippen MR) is 134 cm³/mol. The molecule has 8 rings (SSSR count). The van der Waals surface area contributed by atoms with Gasteiger partial charge in [0.1, 0.15) is 5.84 Å². The van der Waals surface area contributed by atoms with Crippen molar-refractivity contribution in [1.82, 2.24) is 4.90 Å². The van der Waals surface area contributed by atoms with Gasteiger partial charge in [-0.2, -0.15) is 0 Å². The lowest BCUT2D eigenvalue weighted by Crippen LogP contribution is -2.56. The van der Waals surface area contributed by atoms with E-state index in [2.05, 4.69) is 40.1 Å². The molecule has 4 bridgehead atoms. The molecule has 0 aromatic heterocycles. The minimum absolute atomic E-state index is 0.0577. The zero-order valence-corrected chi connectivity index (χ0v) is 20.5. The number of rotatable bonds is 3. The zero-order valence-electron chi connectivity index (χ0n) is 20.5. The highest BCUT2D eigenvalue weighted by Crippen LogP contribution is 2.58. The number of ether oxygens (including phenoxy) is 1. The SMILES string of the molecule is O=C1N(c2ccccc2)C(=NC23CC4CC(CC(C4)C2)C3)[C@@H](N2CCOCC2)C12CCCCC2. The van der Waals surface area contributed by atoms with Gasteiger partial charge in [-0.15, -0.1) is 0 Å². The fourth-order valence-corrected chi connectivity index (χ4v) is 9.21. The maximum Gasteiger partial charge on any atom is 0.240 e. The van der Waals surface area contributed by atoms with Crippen LogP contribution in [0.4, 0.5) is 5.69 Å². The molecular weight excluding hydrogens is 422 g/mol. The summed E-state index contributed by atoms with van der Waals surface area (Å²) in [6.45, 7) is 3.33. The Labute approximate surface area is 203 Å². The Bertz CT molecular complexity index is 926. The second-order valence-electron chi connectivity index (χ2n) is 12.4. The molecule has 182 valence electrons. The van der Waals surface area contributed by atoms with E-state index in [4.69, 9.17) is 9.73 Å². The lowest BCUT2D eigenvalue weighted by atomic mass is 9.53. The van der Waals surface area contributed by atoms with Crippen LogP contribution >= 0.6 is 0 Å². The van der Waals surface area contributed by atoms with Crippen molar-refractivity contribution >= 4 is 17.4 Å². The van der Waals surface area contributed by atoms with Crippen LogP contribution in [0.2, 0.25) is 0 Å². The monoisotopic (exact) mass is 461 g/mol. The Balaban J connectivity index is 1.38. The number of para-hydroxylation sites is 1. The van der Waals surface area contributed by atoms with Gasteiger partial charge in [0, 0.05) is 13.1 Å². The Kier molecular flexibility index (Phi) is 5.17. The topological polar surface area (TPSA) is 45.1 Å². The van der Waals surface area contributed by atoms with Crippen LogP contribution in [0.15, 0.2) is 35.3 Å². The van der Waals surface area contributed by atoms with Crippen LogP contribution in [0, 0.1) is 23.2 Å². The molecule has 5 aliphatic carbocycles. The smallest absolute Gasteiger partial charge is 0.240 e. The highest BCUT2D eigenvalue weighted by atomic mass is 16.5. The lowest BCUT2D eigenvalue weighted by molar-refractivity contribution is -0.130. The molecule has 1 amide bonds. The molecular formula is C29H39N3O2. The first kappa shape index (κ1) is 21.6. The normalized spacial score (nSPS) is 40.5. The van der Waals surface area contributed by atoms with Crippen molar-refractivity contribution in [3.63, 3.8) is 0 Å². The Morgan fingerprint density at radius 3 is 2.09 bits per heavy atom. The third-order valence-corrected chi connectivity index (χ3v) is 10.2. The van der Waals surface area contributed by atoms with E-state index in [1.807, 2.05) is 0 Å². The van der Waals surface area contributed by atoms with Gasteiger partial charge in [-0.3, -0.25) is 19.6 Å². The van der Waals surface area contributed by atoms with Crippen molar-refractivity contribution in [2.75, 3.05) is 31.2 Å². The number of anilines is 1. The summed E-state index contributed by atoms with van der Waals surface area (Å²) >= 11 is 0. The van der Waals surface area contributed by atoms with Crippen molar-refractivity contribution in [3.05, 3.63) is 30.3 Å². The number of nitrogens with zero attached hydrogens (tertiary/aromatic N) is 3. The largest absolute Gasteiger partial charge is 0.379 e. The number of hydrogen-bond acceptors (Lipinski definition) is 4. The fraction of sp³-hybridized carbons (Fsp3) is 0.724. The summed E-state index contributed by atoms with van der Waals surface area (Å²) in [4.78, 5) is 25.0. The van der Waals surface area contributed by atoms with E-state index < -0.39 is 0 Å². The van der Waals surface area contributed by atoms with Gasteiger partial charge in [0.15, 0.2) is 0 Å². The summed E-state index contributed by atoms with van der Waals surface area (Å²) in [6.07, 6.45) is 13.5. The van der Waals surface area contributed by atoms with E-state index in [0.717, 1.165) is 81.3 Å². The van der Waals surface area contributed by atoms with Gasteiger partial charge in [0.2, 0.25) is 5.91 Å². The van der Waals surface area contributed by atoms with Crippen molar-refractivity contribution in [2.24, 2.45) is 28.2 Å². The second kappa shape index (κ2) is 8.16. The second-order valence-corrected chi connectivity index (χ2v) is 12.4. The van der Waals surface area contributed by atoms with E-state index in [1.165, 1.54) is 44.9 Å².